The van der Waals surface area contributed by atoms with Gasteiger partial charge in [0.15, 0.2) is 0 Å². The molecule has 1 heterocycles. The smallest absolute Gasteiger partial charge is 0.126 e. The van der Waals surface area contributed by atoms with Crippen LogP contribution >= 0.6 is 0 Å². The van der Waals surface area contributed by atoms with Crippen molar-refractivity contribution in [2.75, 3.05) is 24.2 Å². The molecule has 0 fully saturated rings. The second-order valence-corrected chi connectivity index (χ2v) is 5.20. The van der Waals surface area contributed by atoms with Crippen molar-refractivity contribution >= 4 is 22.4 Å². The van der Waals surface area contributed by atoms with E-state index in [0.29, 0.717) is 6.10 Å². The number of benzene rings is 1. The lowest BCUT2D eigenvalue weighted by atomic mass is 10.2. The standard InChI is InChI=1S/C16H23N3O/c1-12(2)20-10-4-3-9-18-16-8-5-13-11-14(17)6-7-15(13)19-16/h5-8,11-12H,3-4,9-10,17H2,1-2H3,(H,18,19). The number of nitrogens with zero attached hydrogens (tertiary/aromatic N) is 1. The molecule has 0 aliphatic rings. The van der Waals surface area contributed by atoms with E-state index in [1.165, 1.54) is 0 Å². The molecule has 0 aliphatic carbocycles. The van der Waals surface area contributed by atoms with Gasteiger partial charge in [0, 0.05) is 24.2 Å². The van der Waals surface area contributed by atoms with Gasteiger partial charge in [-0.25, -0.2) is 4.98 Å². The van der Waals surface area contributed by atoms with Gasteiger partial charge in [-0.15, -0.1) is 0 Å². The van der Waals surface area contributed by atoms with Crippen molar-refractivity contribution in [2.45, 2.75) is 32.8 Å². The number of hydrogen-bond acceptors (Lipinski definition) is 4. The molecule has 20 heavy (non-hydrogen) atoms. The van der Waals surface area contributed by atoms with E-state index in [9.17, 15) is 0 Å². The van der Waals surface area contributed by atoms with Gasteiger partial charge in [0.25, 0.3) is 0 Å². The Bertz CT molecular complexity index is 554. The molecule has 4 heteroatoms. The lowest BCUT2D eigenvalue weighted by Crippen LogP contribution is -2.07. The number of fused-ring (bicyclic) bond motifs is 1. The third-order valence-corrected chi connectivity index (χ3v) is 3.04. The molecule has 2 rings (SSSR count). The van der Waals surface area contributed by atoms with Crippen LogP contribution in [0.1, 0.15) is 26.7 Å². The molecule has 0 bridgehead atoms. The number of rotatable bonds is 7. The maximum absolute atomic E-state index is 5.75. The molecule has 0 unspecified atom stereocenters. The topological polar surface area (TPSA) is 60.2 Å². The first-order valence-corrected chi connectivity index (χ1v) is 7.17. The van der Waals surface area contributed by atoms with E-state index in [2.05, 4.69) is 24.1 Å². The molecule has 0 atom stereocenters. The Kier molecular flexibility index (Phi) is 5.18. The van der Waals surface area contributed by atoms with Crippen molar-refractivity contribution in [3.63, 3.8) is 0 Å². The zero-order valence-corrected chi connectivity index (χ0v) is 12.2. The minimum Gasteiger partial charge on any atom is -0.399 e. The maximum atomic E-state index is 5.75. The van der Waals surface area contributed by atoms with Gasteiger partial charge in [-0.3, -0.25) is 0 Å². The second-order valence-electron chi connectivity index (χ2n) is 5.20. The summed E-state index contributed by atoms with van der Waals surface area (Å²) < 4.78 is 5.51. The second kappa shape index (κ2) is 7.10. The predicted octanol–water partition coefficient (Wildman–Crippen LogP) is 3.43. The molecule has 4 nitrogen and oxygen atoms in total. The van der Waals surface area contributed by atoms with Crippen molar-refractivity contribution in [2.24, 2.45) is 0 Å². The number of nitrogens with one attached hydrogen (secondary N) is 1. The van der Waals surface area contributed by atoms with Crippen LogP contribution in [0.3, 0.4) is 0 Å². The summed E-state index contributed by atoms with van der Waals surface area (Å²) >= 11 is 0. The number of nitrogen functional groups attached to an aromatic ring is 1. The number of ether oxygens (including phenoxy) is 1. The monoisotopic (exact) mass is 273 g/mol. The fraction of sp³-hybridized carbons (Fsp3) is 0.438. The molecule has 3 N–H and O–H groups in total. The summed E-state index contributed by atoms with van der Waals surface area (Å²) in [6.45, 7) is 5.85. The number of anilines is 2. The summed E-state index contributed by atoms with van der Waals surface area (Å²) in [6.07, 6.45) is 2.46. The highest BCUT2D eigenvalue weighted by Crippen LogP contribution is 2.17. The van der Waals surface area contributed by atoms with E-state index < -0.39 is 0 Å². The first-order valence-electron chi connectivity index (χ1n) is 7.17. The SMILES string of the molecule is CC(C)OCCCCNc1ccc2cc(N)ccc2n1. The van der Waals surface area contributed by atoms with Crippen molar-refractivity contribution < 1.29 is 4.74 Å². The van der Waals surface area contributed by atoms with Gasteiger partial charge in [0.05, 0.1) is 11.6 Å². The molecule has 0 aliphatic heterocycles. The van der Waals surface area contributed by atoms with Crippen LogP contribution in [0.2, 0.25) is 0 Å². The Balaban J connectivity index is 1.80. The Labute approximate surface area is 120 Å². The molecule has 0 radical (unpaired) electrons. The van der Waals surface area contributed by atoms with E-state index in [1.54, 1.807) is 0 Å². The van der Waals surface area contributed by atoms with Crippen LogP contribution in [0.15, 0.2) is 30.3 Å². The molecular formula is C16H23N3O. The number of unbranched alkanes of at least 4 members (excludes halogenated alkanes) is 1. The molecule has 0 saturated heterocycles. The Morgan fingerprint density at radius 2 is 2.05 bits per heavy atom. The van der Waals surface area contributed by atoms with Crippen LogP contribution in [0.4, 0.5) is 11.5 Å². The normalized spacial score (nSPS) is 11.2. The predicted molar refractivity (Wildman–Crippen MR) is 85.0 cm³/mol. The summed E-state index contributed by atoms with van der Waals surface area (Å²) in [7, 11) is 0. The minimum absolute atomic E-state index is 0.317. The van der Waals surface area contributed by atoms with Crippen molar-refractivity contribution in [3.05, 3.63) is 30.3 Å². The van der Waals surface area contributed by atoms with Crippen LogP contribution < -0.4 is 11.1 Å². The van der Waals surface area contributed by atoms with E-state index >= 15 is 0 Å². The number of hydrogen-bond donors (Lipinski definition) is 2. The third kappa shape index (κ3) is 4.38. The van der Waals surface area contributed by atoms with Crippen LogP contribution in [-0.4, -0.2) is 24.2 Å². The molecule has 108 valence electrons. The third-order valence-electron chi connectivity index (χ3n) is 3.04. The average Bonchev–Trinajstić information content (AvgIpc) is 2.42. The van der Waals surface area contributed by atoms with Gasteiger partial charge >= 0.3 is 0 Å². The molecule has 1 aromatic carbocycles. The van der Waals surface area contributed by atoms with Gasteiger partial charge in [-0.2, -0.15) is 0 Å². The first-order chi connectivity index (χ1) is 9.65. The van der Waals surface area contributed by atoms with Gasteiger partial charge < -0.3 is 15.8 Å². The first kappa shape index (κ1) is 14.6. The lowest BCUT2D eigenvalue weighted by molar-refractivity contribution is 0.0765. The Morgan fingerprint density at radius 1 is 1.20 bits per heavy atom. The fourth-order valence-corrected chi connectivity index (χ4v) is 2.01. The molecule has 0 saturated carbocycles. The summed E-state index contributed by atoms with van der Waals surface area (Å²) in [5.74, 6) is 0.909. The fourth-order valence-electron chi connectivity index (χ4n) is 2.01. The van der Waals surface area contributed by atoms with Crippen LogP contribution in [0, 0.1) is 0 Å². The highest BCUT2D eigenvalue weighted by molar-refractivity contribution is 5.83. The largest absolute Gasteiger partial charge is 0.399 e. The lowest BCUT2D eigenvalue weighted by Gasteiger charge is -2.09. The average molecular weight is 273 g/mol. The quantitative estimate of drug-likeness (QED) is 0.599. The molecule has 1 aromatic heterocycles. The molecular weight excluding hydrogens is 250 g/mol. The van der Waals surface area contributed by atoms with E-state index in [0.717, 1.165) is 48.4 Å². The highest BCUT2D eigenvalue weighted by Gasteiger charge is 1.99. The van der Waals surface area contributed by atoms with Gasteiger partial charge in [-0.1, -0.05) is 0 Å². The zero-order chi connectivity index (χ0) is 14.4. The molecule has 0 spiro atoms. The zero-order valence-electron chi connectivity index (χ0n) is 12.2. The minimum atomic E-state index is 0.317. The van der Waals surface area contributed by atoms with Crippen molar-refractivity contribution in [3.8, 4) is 0 Å². The van der Waals surface area contributed by atoms with E-state index in [1.807, 2.05) is 30.3 Å². The van der Waals surface area contributed by atoms with Crippen LogP contribution in [0.25, 0.3) is 10.9 Å². The highest BCUT2D eigenvalue weighted by atomic mass is 16.5. The van der Waals surface area contributed by atoms with Crippen molar-refractivity contribution in [1.29, 1.82) is 0 Å². The van der Waals surface area contributed by atoms with Gasteiger partial charge in [0.1, 0.15) is 5.82 Å². The number of pyridine rings is 1. The number of aromatic nitrogens is 1. The summed E-state index contributed by atoms with van der Waals surface area (Å²) in [4.78, 5) is 4.56. The van der Waals surface area contributed by atoms with Crippen molar-refractivity contribution in [1.82, 2.24) is 4.98 Å². The Hall–Kier alpha value is -1.81. The van der Waals surface area contributed by atoms with Gasteiger partial charge in [0.2, 0.25) is 0 Å². The van der Waals surface area contributed by atoms with Crippen LogP contribution in [0.5, 0.6) is 0 Å². The Morgan fingerprint density at radius 3 is 2.85 bits per heavy atom. The molecule has 0 amide bonds. The molecule has 2 aromatic rings. The van der Waals surface area contributed by atoms with Gasteiger partial charge in [-0.05, 0) is 57.0 Å². The summed E-state index contributed by atoms with van der Waals surface area (Å²) in [6, 6.07) is 9.80. The number of nitrogens with two attached hydrogens (primary N) is 1. The summed E-state index contributed by atoms with van der Waals surface area (Å²) in [5.41, 5.74) is 7.49. The summed E-state index contributed by atoms with van der Waals surface area (Å²) in [5, 5.41) is 4.41. The van der Waals surface area contributed by atoms with Crippen LogP contribution in [-0.2, 0) is 4.74 Å². The maximum Gasteiger partial charge on any atom is 0.126 e. The van der Waals surface area contributed by atoms with E-state index in [-0.39, 0.29) is 0 Å². The van der Waals surface area contributed by atoms with E-state index in [4.69, 9.17) is 10.5 Å².